The van der Waals surface area contributed by atoms with Crippen molar-refractivity contribution < 1.29 is 40.5 Å². The molecule has 1 heterocycles. The van der Waals surface area contributed by atoms with Gasteiger partial charge in [-0.3, -0.25) is 0 Å². The average Bonchev–Trinajstić information content (AvgIpc) is 2.83. The molecule has 0 saturated carbocycles. The van der Waals surface area contributed by atoms with Crippen molar-refractivity contribution >= 4 is 10.0 Å². The van der Waals surface area contributed by atoms with Crippen LogP contribution in [0, 0.1) is 5.82 Å². The van der Waals surface area contributed by atoms with Gasteiger partial charge >= 0.3 is 6.61 Å². The molecule has 196 valence electrons. The van der Waals surface area contributed by atoms with Crippen LogP contribution in [-0.2, 0) is 20.5 Å². The van der Waals surface area contributed by atoms with E-state index in [0.717, 1.165) is 0 Å². The summed E-state index contributed by atoms with van der Waals surface area (Å²) in [6.07, 6.45) is 0.703. The molecule has 1 unspecified atom stereocenters. The van der Waals surface area contributed by atoms with Gasteiger partial charge in [-0.2, -0.15) is 8.78 Å². The monoisotopic (exact) mass is 535 g/mol. The smallest absolute Gasteiger partial charge is 0.387 e. The number of ether oxygens (including phenoxy) is 4. The highest BCUT2D eigenvalue weighted by Crippen LogP contribution is 2.52. The second-order valence-corrected chi connectivity index (χ2v) is 9.75. The number of sulfonamides is 1. The third kappa shape index (κ3) is 6.43. The second kappa shape index (κ2) is 11.2. The number of fused-ring (bicyclic) bond motifs is 3. The molecule has 11 heteroatoms. The Bertz CT molecular complexity index is 1400. The van der Waals surface area contributed by atoms with Crippen LogP contribution < -0.4 is 19.3 Å². The summed E-state index contributed by atoms with van der Waals surface area (Å²) in [5.74, 6) is -0.981. The highest BCUT2D eigenvalue weighted by atomic mass is 32.2. The highest BCUT2D eigenvalue weighted by molar-refractivity contribution is 7.88. The van der Waals surface area contributed by atoms with E-state index in [1.165, 1.54) is 30.3 Å². The maximum Gasteiger partial charge on any atom is 0.387 e. The molecule has 0 saturated heterocycles. The Hall–Kier alpha value is -3.54. The molecule has 0 amide bonds. The average molecular weight is 536 g/mol. The summed E-state index contributed by atoms with van der Waals surface area (Å²) in [4.78, 5) is 0. The first-order chi connectivity index (χ1) is 17.7. The van der Waals surface area contributed by atoms with E-state index in [2.05, 4.69) is 6.58 Å². The molecule has 0 aliphatic carbocycles. The SMILES string of the molecule is C=CCOCCOc1ccc2c(c1OC(F)F)-c1ccc(CS(N)(=O)=O)cc1C(c1cccc(F)c1)O2. The van der Waals surface area contributed by atoms with Gasteiger partial charge in [0, 0.05) is 5.56 Å². The van der Waals surface area contributed by atoms with Gasteiger partial charge < -0.3 is 18.9 Å². The minimum absolute atomic E-state index is 0.0358. The van der Waals surface area contributed by atoms with Gasteiger partial charge in [-0.1, -0.05) is 36.4 Å². The Kier molecular flexibility index (Phi) is 8.06. The van der Waals surface area contributed by atoms with Crippen LogP contribution in [0.15, 0.2) is 67.3 Å². The Morgan fingerprint density at radius 3 is 2.62 bits per heavy atom. The Morgan fingerprint density at radius 2 is 1.92 bits per heavy atom. The maximum atomic E-state index is 14.1. The molecule has 37 heavy (non-hydrogen) atoms. The first-order valence-electron chi connectivity index (χ1n) is 11.2. The molecule has 1 aliphatic heterocycles. The van der Waals surface area contributed by atoms with E-state index < -0.39 is 34.3 Å². The molecule has 0 fully saturated rings. The third-order valence-corrected chi connectivity index (χ3v) is 6.18. The fourth-order valence-electron chi connectivity index (χ4n) is 4.08. The molecule has 1 aliphatic rings. The van der Waals surface area contributed by atoms with Gasteiger partial charge in [0.25, 0.3) is 0 Å². The van der Waals surface area contributed by atoms with Gasteiger partial charge in [0.15, 0.2) is 11.5 Å². The molecule has 0 radical (unpaired) electrons. The summed E-state index contributed by atoms with van der Waals surface area (Å²) in [6.45, 7) is 0.919. The number of halogens is 3. The Balaban J connectivity index is 1.84. The lowest BCUT2D eigenvalue weighted by atomic mass is 9.88. The molecule has 4 rings (SSSR count). The highest BCUT2D eigenvalue weighted by Gasteiger charge is 2.33. The van der Waals surface area contributed by atoms with Crippen molar-refractivity contribution in [1.29, 1.82) is 0 Å². The quantitative estimate of drug-likeness (QED) is 0.276. The summed E-state index contributed by atoms with van der Waals surface area (Å²) in [5.41, 5.74) is 1.82. The van der Waals surface area contributed by atoms with Gasteiger partial charge in [0.05, 0.1) is 24.5 Å². The lowest BCUT2D eigenvalue weighted by Gasteiger charge is -2.31. The number of nitrogens with two attached hydrogens (primary N) is 1. The van der Waals surface area contributed by atoms with Crippen molar-refractivity contribution in [1.82, 2.24) is 0 Å². The summed E-state index contributed by atoms with van der Waals surface area (Å²) < 4.78 is 86.4. The molecule has 0 spiro atoms. The van der Waals surface area contributed by atoms with Crippen LogP contribution in [0.5, 0.6) is 17.2 Å². The predicted octanol–water partition coefficient (Wildman–Crippen LogP) is 4.95. The third-order valence-electron chi connectivity index (χ3n) is 5.44. The molecular formula is C26H24F3NO6S. The van der Waals surface area contributed by atoms with Crippen molar-refractivity contribution in [3.05, 3.63) is 89.8 Å². The normalized spacial score (nSPS) is 14.5. The van der Waals surface area contributed by atoms with Crippen molar-refractivity contribution in [2.45, 2.75) is 18.5 Å². The topological polar surface area (TPSA) is 97.1 Å². The Labute approximate surface area is 212 Å². The number of hydrogen-bond acceptors (Lipinski definition) is 6. The van der Waals surface area contributed by atoms with Crippen molar-refractivity contribution in [3.8, 4) is 28.4 Å². The molecule has 1 atom stereocenters. The van der Waals surface area contributed by atoms with Gasteiger partial charge in [-0.15, -0.1) is 6.58 Å². The molecule has 3 aromatic rings. The van der Waals surface area contributed by atoms with E-state index in [0.29, 0.717) is 28.9 Å². The Morgan fingerprint density at radius 1 is 1.11 bits per heavy atom. The van der Waals surface area contributed by atoms with Crippen LogP contribution >= 0.6 is 0 Å². The standard InChI is InChI=1S/C26H24F3NO6S/c1-2-10-33-11-12-34-22-9-8-21-23(25(22)36-26(28)29)19-7-6-16(15-37(30,31)32)13-20(19)24(35-21)17-4-3-5-18(27)14-17/h2-9,13-14,24,26H,1,10-12,15H2,(H2,30,31,32). The van der Waals surface area contributed by atoms with Gasteiger partial charge in [-0.05, 0) is 41.0 Å². The van der Waals surface area contributed by atoms with E-state index in [9.17, 15) is 21.6 Å². The minimum atomic E-state index is -3.86. The van der Waals surface area contributed by atoms with Crippen molar-refractivity contribution in [2.24, 2.45) is 5.14 Å². The summed E-state index contributed by atoms with van der Waals surface area (Å²) in [6, 6.07) is 13.3. The van der Waals surface area contributed by atoms with Crippen LogP contribution in [0.3, 0.4) is 0 Å². The minimum Gasteiger partial charge on any atom is -0.487 e. The molecule has 3 aromatic carbocycles. The molecule has 0 aromatic heterocycles. The number of rotatable bonds is 11. The van der Waals surface area contributed by atoms with Gasteiger partial charge in [0.2, 0.25) is 10.0 Å². The van der Waals surface area contributed by atoms with Crippen molar-refractivity contribution in [2.75, 3.05) is 19.8 Å². The first kappa shape index (κ1) is 26.5. The van der Waals surface area contributed by atoms with Crippen LogP contribution in [0.1, 0.15) is 22.8 Å². The fraction of sp³-hybridized carbons (Fsp3) is 0.231. The molecule has 2 N–H and O–H groups in total. The van der Waals surface area contributed by atoms with E-state index >= 15 is 0 Å². The summed E-state index contributed by atoms with van der Waals surface area (Å²) in [7, 11) is -3.86. The van der Waals surface area contributed by atoms with Crippen molar-refractivity contribution in [3.63, 3.8) is 0 Å². The van der Waals surface area contributed by atoms with Crippen LogP contribution in [-0.4, -0.2) is 34.8 Å². The maximum absolute atomic E-state index is 14.1. The second-order valence-electron chi connectivity index (χ2n) is 8.14. The van der Waals surface area contributed by atoms with E-state index in [1.807, 2.05) is 0 Å². The van der Waals surface area contributed by atoms with E-state index in [1.54, 1.807) is 30.3 Å². The number of hydrogen-bond donors (Lipinski definition) is 1. The zero-order valence-electron chi connectivity index (χ0n) is 19.5. The van der Waals surface area contributed by atoms with Gasteiger partial charge in [-0.25, -0.2) is 17.9 Å². The zero-order chi connectivity index (χ0) is 26.6. The molecule has 0 bridgehead atoms. The molecule has 7 nitrogen and oxygen atoms in total. The molecular weight excluding hydrogens is 511 g/mol. The lowest BCUT2D eigenvalue weighted by molar-refractivity contribution is -0.0514. The first-order valence-corrected chi connectivity index (χ1v) is 12.9. The fourth-order valence-corrected chi connectivity index (χ4v) is 4.73. The summed E-state index contributed by atoms with van der Waals surface area (Å²) >= 11 is 0. The van der Waals surface area contributed by atoms with Gasteiger partial charge in [0.1, 0.15) is 24.3 Å². The van der Waals surface area contributed by atoms with Crippen LogP contribution in [0.2, 0.25) is 0 Å². The zero-order valence-corrected chi connectivity index (χ0v) is 20.3. The summed E-state index contributed by atoms with van der Waals surface area (Å²) in [5, 5.41) is 5.22. The van der Waals surface area contributed by atoms with E-state index in [-0.39, 0.29) is 36.0 Å². The number of alkyl halides is 2. The number of primary sulfonamides is 1. The number of benzene rings is 3. The van der Waals surface area contributed by atoms with E-state index in [4.69, 9.17) is 24.1 Å². The predicted molar refractivity (Wildman–Crippen MR) is 131 cm³/mol. The van der Waals surface area contributed by atoms with Crippen LogP contribution in [0.4, 0.5) is 13.2 Å². The van der Waals surface area contributed by atoms with Crippen LogP contribution in [0.25, 0.3) is 11.1 Å². The lowest BCUT2D eigenvalue weighted by Crippen LogP contribution is -2.19. The largest absolute Gasteiger partial charge is 0.487 e.